The minimum Gasteiger partial charge on any atom is -0.321 e. The zero-order chi connectivity index (χ0) is 15.0. The summed E-state index contributed by atoms with van der Waals surface area (Å²) in [6.07, 6.45) is 0. The van der Waals surface area contributed by atoms with Crippen molar-refractivity contribution in [2.24, 2.45) is 0 Å². The third-order valence-electron chi connectivity index (χ3n) is 2.90. The molecule has 0 spiro atoms. The summed E-state index contributed by atoms with van der Waals surface area (Å²) in [6, 6.07) is 12.3. The van der Waals surface area contributed by atoms with Gasteiger partial charge in [-0.15, -0.1) is 11.3 Å². The molecule has 1 amide bonds. The Morgan fingerprint density at radius 2 is 1.62 bits per heavy atom. The average molecular weight is 357 g/mol. The normalized spacial score (nSPS) is 10.8. The van der Waals surface area contributed by atoms with Gasteiger partial charge in [-0.25, -0.2) is 0 Å². The van der Waals surface area contributed by atoms with Crippen molar-refractivity contribution >= 4 is 67.8 Å². The lowest BCUT2D eigenvalue weighted by molar-refractivity contribution is 0.103. The van der Waals surface area contributed by atoms with Crippen molar-refractivity contribution in [3.05, 3.63) is 62.4 Å². The van der Waals surface area contributed by atoms with Crippen LogP contribution in [0.25, 0.3) is 10.1 Å². The van der Waals surface area contributed by atoms with E-state index in [0.29, 0.717) is 25.6 Å². The number of hydrogen-bond acceptors (Lipinski definition) is 2. The number of nitrogens with one attached hydrogen (secondary N) is 1. The molecule has 21 heavy (non-hydrogen) atoms. The number of benzene rings is 2. The molecule has 2 nitrogen and oxygen atoms in total. The van der Waals surface area contributed by atoms with Gasteiger partial charge in [0.1, 0.15) is 4.88 Å². The molecule has 0 aliphatic rings. The van der Waals surface area contributed by atoms with Crippen LogP contribution in [0.2, 0.25) is 15.1 Å². The highest BCUT2D eigenvalue weighted by molar-refractivity contribution is 7.21. The Morgan fingerprint density at radius 1 is 0.952 bits per heavy atom. The number of carbonyl (C=O) groups is 1. The molecular formula is C15H8Cl3NOS. The van der Waals surface area contributed by atoms with Gasteiger partial charge in [-0.05, 0) is 36.4 Å². The van der Waals surface area contributed by atoms with Gasteiger partial charge in [0.2, 0.25) is 0 Å². The van der Waals surface area contributed by atoms with Crippen LogP contribution < -0.4 is 5.32 Å². The molecule has 0 saturated heterocycles. The lowest BCUT2D eigenvalue weighted by atomic mass is 10.2. The molecule has 0 aliphatic carbocycles. The largest absolute Gasteiger partial charge is 0.321 e. The number of thiophene rings is 1. The van der Waals surface area contributed by atoms with E-state index in [4.69, 9.17) is 34.8 Å². The molecule has 2 aromatic carbocycles. The van der Waals surface area contributed by atoms with Crippen molar-refractivity contribution < 1.29 is 4.79 Å². The average Bonchev–Trinajstić information content (AvgIpc) is 2.78. The van der Waals surface area contributed by atoms with Crippen molar-refractivity contribution in [3.63, 3.8) is 0 Å². The first kappa shape index (κ1) is 14.7. The summed E-state index contributed by atoms with van der Waals surface area (Å²) in [4.78, 5) is 12.8. The number of anilines is 1. The Kier molecular flexibility index (Phi) is 4.09. The quantitative estimate of drug-likeness (QED) is 0.589. The van der Waals surface area contributed by atoms with Crippen molar-refractivity contribution in [2.75, 3.05) is 5.32 Å². The monoisotopic (exact) mass is 355 g/mol. The number of amides is 1. The van der Waals surface area contributed by atoms with Crippen LogP contribution in [-0.2, 0) is 0 Å². The van der Waals surface area contributed by atoms with Crippen LogP contribution in [0.1, 0.15) is 9.67 Å². The molecule has 3 aromatic rings. The minimum atomic E-state index is -0.250. The summed E-state index contributed by atoms with van der Waals surface area (Å²) in [7, 11) is 0. The lowest BCUT2D eigenvalue weighted by Gasteiger charge is -2.03. The van der Waals surface area contributed by atoms with Gasteiger partial charge < -0.3 is 5.32 Å². The molecule has 0 radical (unpaired) electrons. The second kappa shape index (κ2) is 5.85. The topological polar surface area (TPSA) is 29.1 Å². The van der Waals surface area contributed by atoms with E-state index in [9.17, 15) is 4.79 Å². The fraction of sp³-hybridized carbons (Fsp3) is 0. The van der Waals surface area contributed by atoms with Crippen molar-refractivity contribution in [1.29, 1.82) is 0 Å². The van der Waals surface area contributed by atoms with Gasteiger partial charge in [0.15, 0.2) is 0 Å². The third-order valence-corrected chi connectivity index (χ3v) is 5.04. The van der Waals surface area contributed by atoms with Gasteiger partial charge in [0, 0.05) is 25.8 Å². The maximum absolute atomic E-state index is 12.3. The summed E-state index contributed by atoms with van der Waals surface area (Å²) in [5.41, 5.74) is 0.663. The van der Waals surface area contributed by atoms with Crippen LogP contribution in [0, 0.1) is 0 Å². The van der Waals surface area contributed by atoms with E-state index in [1.54, 1.807) is 36.4 Å². The first-order valence-electron chi connectivity index (χ1n) is 5.99. The predicted octanol–water partition coefficient (Wildman–Crippen LogP) is 6.11. The zero-order valence-electron chi connectivity index (χ0n) is 10.5. The minimum absolute atomic E-state index is 0.250. The molecule has 0 bridgehead atoms. The van der Waals surface area contributed by atoms with Gasteiger partial charge in [-0.1, -0.05) is 40.9 Å². The van der Waals surface area contributed by atoms with E-state index in [0.717, 1.165) is 10.1 Å². The van der Waals surface area contributed by atoms with E-state index in [2.05, 4.69) is 5.32 Å². The first-order chi connectivity index (χ1) is 10.0. The lowest BCUT2D eigenvalue weighted by Crippen LogP contribution is -2.10. The molecule has 106 valence electrons. The molecule has 0 unspecified atom stereocenters. The molecular weight excluding hydrogens is 349 g/mol. The molecule has 3 rings (SSSR count). The second-order valence-corrected chi connectivity index (χ2v) is 6.65. The van der Waals surface area contributed by atoms with E-state index >= 15 is 0 Å². The standard InChI is InChI=1S/C15H8Cl3NOS/c16-8-1-4-10(5-2-8)19-15(20)14-13(18)11-6-3-9(17)7-12(11)21-14/h1-7H,(H,19,20). The van der Waals surface area contributed by atoms with Crippen LogP contribution >= 0.6 is 46.1 Å². The molecule has 1 heterocycles. The zero-order valence-corrected chi connectivity index (χ0v) is 13.6. The van der Waals surface area contributed by atoms with Crippen LogP contribution in [0.4, 0.5) is 5.69 Å². The Labute approximate surface area is 140 Å². The summed E-state index contributed by atoms with van der Waals surface area (Å²) in [5, 5.41) is 5.30. The van der Waals surface area contributed by atoms with Gasteiger partial charge >= 0.3 is 0 Å². The van der Waals surface area contributed by atoms with Crippen LogP contribution in [0.5, 0.6) is 0 Å². The summed E-state index contributed by atoms with van der Waals surface area (Å²) < 4.78 is 0.883. The van der Waals surface area contributed by atoms with Crippen LogP contribution in [0.15, 0.2) is 42.5 Å². The maximum Gasteiger partial charge on any atom is 0.267 e. The Hall–Kier alpha value is -1.26. The Morgan fingerprint density at radius 3 is 2.33 bits per heavy atom. The third kappa shape index (κ3) is 3.01. The Balaban J connectivity index is 1.94. The van der Waals surface area contributed by atoms with E-state index in [1.165, 1.54) is 11.3 Å². The van der Waals surface area contributed by atoms with Crippen LogP contribution in [0.3, 0.4) is 0 Å². The highest BCUT2D eigenvalue weighted by Gasteiger charge is 2.17. The Bertz CT molecular complexity index is 827. The summed E-state index contributed by atoms with van der Waals surface area (Å²) >= 11 is 19.4. The summed E-state index contributed by atoms with van der Waals surface area (Å²) in [5.74, 6) is -0.250. The number of rotatable bonds is 2. The maximum atomic E-state index is 12.3. The van der Waals surface area contributed by atoms with E-state index < -0.39 is 0 Å². The molecule has 1 aromatic heterocycles. The smallest absolute Gasteiger partial charge is 0.267 e. The summed E-state index contributed by atoms with van der Waals surface area (Å²) in [6.45, 7) is 0. The number of carbonyl (C=O) groups excluding carboxylic acids is 1. The van der Waals surface area contributed by atoms with Crippen molar-refractivity contribution in [2.45, 2.75) is 0 Å². The van der Waals surface area contributed by atoms with Crippen molar-refractivity contribution in [1.82, 2.24) is 0 Å². The molecule has 6 heteroatoms. The van der Waals surface area contributed by atoms with Gasteiger partial charge in [-0.2, -0.15) is 0 Å². The molecule has 0 fully saturated rings. The fourth-order valence-corrected chi connectivity index (χ4v) is 3.72. The number of halogens is 3. The number of hydrogen-bond donors (Lipinski definition) is 1. The van der Waals surface area contributed by atoms with E-state index in [1.807, 2.05) is 6.07 Å². The van der Waals surface area contributed by atoms with Crippen molar-refractivity contribution in [3.8, 4) is 0 Å². The van der Waals surface area contributed by atoms with Gasteiger partial charge in [0.25, 0.3) is 5.91 Å². The predicted molar refractivity (Wildman–Crippen MR) is 91.3 cm³/mol. The first-order valence-corrected chi connectivity index (χ1v) is 7.94. The molecule has 0 atom stereocenters. The molecule has 1 N–H and O–H groups in total. The highest BCUT2D eigenvalue weighted by atomic mass is 35.5. The SMILES string of the molecule is O=C(Nc1ccc(Cl)cc1)c1sc2cc(Cl)ccc2c1Cl. The second-order valence-electron chi connectivity index (χ2n) is 4.35. The van der Waals surface area contributed by atoms with E-state index in [-0.39, 0.29) is 5.91 Å². The highest BCUT2D eigenvalue weighted by Crippen LogP contribution is 2.37. The van der Waals surface area contributed by atoms with Gasteiger partial charge in [-0.3, -0.25) is 4.79 Å². The van der Waals surface area contributed by atoms with Gasteiger partial charge in [0.05, 0.1) is 5.02 Å². The fourth-order valence-electron chi connectivity index (χ4n) is 1.91. The number of fused-ring (bicyclic) bond motifs is 1. The van der Waals surface area contributed by atoms with Crippen LogP contribution in [-0.4, -0.2) is 5.91 Å². The molecule has 0 aliphatic heterocycles. The molecule has 0 saturated carbocycles.